The van der Waals surface area contributed by atoms with Crippen molar-refractivity contribution in [1.82, 2.24) is 0 Å². The van der Waals surface area contributed by atoms with Crippen molar-refractivity contribution < 1.29 is 14.7 Å². The molecule has 0 bridgehead atoms. The first kappa shape index (κ1) is 13.1. The molecule has 1 aromatic carbocycles. The van der Waals surface area contributed by atoms with E-state index in [4.69, 9.17) is 5.73 Å². The number of carbonyl (C=O) groups excluding carboxylic acids is 1. The number of anilines is 1. The second kappa shape index (κ2) is 4.31. The van der Waals surface area contributed by atoms with Crippen LogP contribution < -0.4 is 11.1 Å². The van der Waals surface area contributed by atoms with Gasteiger partial charge in [0, 0.05) is 12.2 Å². The van der Waals surface area contributed by atoms with Crippen molar-refractivity contribution in [3.8, 4) is 0 Å². The molecule has 0 atom stereocenters. The number of carboxylic acids is 1. The highest BCUT2D eigenvalue weighted by Gasteiger charge is 2.51. The Kier molecular flexibility index (Phi) is 2.83. The summed E-state index contributed by atoms with van der Waals surface area (Å²) in [5, 5.41) is 12.1. The van der Waals surface area contributed by atoms with Crippen LogP contribution in [0.3, 0.4) is 0 Å². The Bertz CT molecular complexity index is 557. The van der Waals surface area contributed by atoms with Crippen molar-refractivity contribution in [2.45, 2.75) is 31.1 Å². The summed E-state index contributed by atoms with van der Waals surface area (Å²) in [4.78, 5) is 23.3. The van der Waals surface area contributed by atoms with Gasteiger partial charge in [-0.2, -0.15) is 0 Å². The minimum absolute atomic E-state index is 0.0351. The molecule has 5 nitrogen and oxygen atoms in total. The summed E-state index contributed by atoms with van der Waals surface area (Å²) in [6.07, 6.45) is 3.06. The van der Waals surface area contributed by atoms with Gasteiger partial charge in [-0.15, -0.1) is 0 Å². The number of benzene rings is 1. The Hall–Kier alpha value is -1.88. The van der Waals surface area contributed by atoms with E-state index >= 15 is 0 Å². The zero-order chi connectivity index (χ0) is 14.4. The van der Waals surface area contributed by atoms with Gasteiger partial charge in [0.1, 0.15) is 0 Å². The lowest BCUT2D eigenvalue weighted by Crippen LogP contribution is -2.30. The number of hydrogen-bond acceptors (Lipinski definition) is 3. The number of carbonyl (C=O) groups is 2. The molecule has 0 aliphatic heterocycles. The summed E-state index contributed by atoms with van der Waals surface area (Å²) in [5.74, 6) is -0.804. The van der Waals surface area contributed by atoms with Crippen molar-refractivity contribution in [3.05, 3.63) is 29.8 Å². The Balaban J connectivity index is 1.71. The topological polar surface area (TPSA) is 92.4 Å². The molecule has 2 aliphatic rings. The van der Waals surface area contributed by atoms with E-state index < -0.39 is 11.4 Å². The zero-order valence-corrected chi connectivity index (χ0v) is 11.2. The molecule has 1 amide bonds. The minimum atomic E-state index is -0.769. The smallest absolute Gasteiger partial charge is 0.314 e. The Labute approximate surface area is 117 Å². The van der Waals surface area contributed by atoms with Crippen molar-refractivity contribution in [2.24, 2.45) is 11.1 Å². The first-order valence-corrected chi connectivity index (χ1v) is 6.88. The van der Waals surface area contributed by atoms with Crippen LogP contribution in [0.15, 0.2) is 24.3 Å². The molecule has 4 N–H and O–H groups in total. The highest BCUT2D eigenvalue weighted by molar-refractivity contribution is 5.97. The zero-order valence-electron chi connectivity index (χ0n) is 11.2. The molecule has 5 heteroatoms. The third-order valence-electron chi connectivity index (χ3n) is 4.58. The predicted molar refractivity (Wildman–Crippen MR) is 74.3 cm³/mol. The summed E-state index contributed by atoms with van der Waals surface area (Å²) in [6, 6.07) is 7.11. The largest absolute Gasteiger partial charge is 0.481 e. The molecule has 3 rings (SSSR count). The number of hydrogen-bond donors (Lipinski definition) is 3. The molecule has 0 unspecified atom stereocenters. The van der Waals surface area contributed by atoms with Gasteiger partial charge < -0.3 is 16.2 Å². The summed E-state index contributed by atoms with van der Waals surface area (Å²) < 4.78 is 0. The number of carboxylic acid groups (broad SMARTS) is 1. The molecule has 0 aromatic heterocycles. The van der Waals surface area contributed by atoms with Crippen LogP contribution >= 0.6 is 0 Å². The quantitative estimate of drug-likeness (QED) is 0.758. The van der Waals surface area contributed by atoms with Crippen LogP contribution in [0.2, 0.25) is 0 Å². The Morgan fingerprint density at radius 3 is 2.15 bits per heavy atom. The van der Waals surface area contributed by atoms with E-state index in [1.165, 1.54) is 0 Å². The molecule has 2 aliphatic carbocycles. The second-order valence-electron chi connectivity index (χ2n) is 5.90. The fourth-order valence-corrected chi connectivity index (χ4v) is 2.56. The van der Waals surface area contributed by atoms with Gasteiger partial charge in [0.2, 0.25) is 5.91 Å². The number of nitrogens with two attached hydrogens (primary N) is 1. The van der Waals surface area contributed by atoms with E-state index in [1.807, 2.05) is 0 Å². The lowest BCUT2D eigenvalue weighted by Gasteiger charge is -2.14. The Morgan fingerprint density at radius 1 is 1.15 bits per heavy atom. The van der Waals surface area contributed by atoms with E-state index in [2.05, 4.69) is 5.32 Å². The molecular weight excluding hydrogens is 256 g/mol. The highest BCUT2D eigenvalue weighted by Crippen LogP contribution is 2.49. The third-order valence-corrected chi connectivity index (χ3v) is 4.58. The van der Waals surface area contributed by atoms with E-state index in [9.17, 15) is 14.7 Å². The van der Waals surface area contributed by atoms with Gasteiger partial charge in [-0.05, 0) is 43.4 Å². The third kappa shape index (κ3) is 1.98. The van der Waals surface area contributed by atoms with Gasteiger partial charge >= 0.3 is 5.97 Å². The lowest BCUT2D eigenvalue weighted by atomic mass is 9.96. The molecule has 0 saturated heterocycles. The van der Waals surface area contributed by atoms with E-state index in [0.29, 0.717) is 25.1 Å². The average molecular weight is 274 g/mol. The van der Waals surface area contributed by atoms with Gasteiger partial charge in [-0.1, -0.05) is 12.1 Å². The highest BCUT2D eigenvalue weighted by atomic mass is 16.4. The SMILES string of the molecule is NCC1(C(=O)Nc2ccc(C3(C(=O)O)CC3)cc2)CC1. The Morgan fingerprint density at radius 2 is 1.75 bits per heavy atom. The van der Waals surface area contributed by atoms with Gasteiger partial charge in [-0.25, -0.2) is 0 Å². The maximum Gasteiger partial charge on any atom is 0.314 e. The molecule has 1 aromatic rings. The predicted octanol–water partition coefficient (Wildman–Crippen LogP) is 1.48. The average Bonchev–Trinajstić information content (AvgIpc) is 3.33. The van der Waals surface area contributed by atoms with Crippen molar-refractivity contribution in [3.63, 3.8) is 0 Å². The van der Waals surface area contributed by atoms with E-state index in [1.54, 1.807) is 24.3 Å². The molecule has 0 spiro atoms. The van der Waals surface area contributed by atoms with Gasteiger partial charge in [0.05, 0.1) is 10.8 Å². The lowest BCUT2D eigenvalue weighted by molar-refractivity contribution is -0.140. The van der Waals surface area contributed by atoms with E-state index in [-0.39, 0.29) is 11.3 Å². The van der Waals surface area contributed by atoms with Crippen molar-refractivity contribution in [2.75, 3.05) is 11.9 Å². The number of amides is 1. The fraction of sp³-hybridized carbons (Fsp3) is 0.467. The standard InChI is InChI=1S/C15H18N2O3/c16-9-14(5-6-14)12(18)17-11-3-1-10(2-4-11)15(7-8-15)13(19)20/h1-4H,5-9,16H2,(H,17,18)(H,19,20). The van der Waals surface area contributed by atoms with Crippen LogP contribution in [-0.4, -0.2) is 23.5 Å². The summed E-state index contributed by atoms with van der Waals surface area (Å²) in [7, 11) is 0. The van der Waals surface area contributed by atoms with Crippen LogP contribution in [0.1, 0.15) is 31.2 Å². The number of rotatable bonds is 5. The van der Waals surface area contributed by atoms with Crippen LogP contribution in [0.4, 0.5) is 5.69 Å². The summed E-state index contributed by atoms with van der Waals surface area (Å²) in [5.41, 5.74) is 6.05. The summed E-state index contributed by atoms with van der Waals surface area (Å²) in [6.45, 7) is 0.374. The van der Waals surface area contributed by atoms with Crippen molar-refractivity contribution >= 4 is 17.6 Å². The molecular formula is C15H18N2O3. The summed E-state index contributed by atoms with van der Waals surface area (Å²) >= 11 is 0. The van der Waals surface area contributed by atoms with Crippen LogP contribution in [0.5, 0.6) is 0 Å². The van der Waals surface area contributed by atoms with Crippen molar-refractivity contribution in [1.29, 1.82) is 0 Å². The number of aliphatic carboxylic acids is 1. The molecule has 0 radical (unpaired) electrons. The first-order chi connectivity index (χ1) is 9.52. The van der Waals surface area contributed by atoms with E-state index in [0.717, 1.165) is 18.4 Å². The monoisotopic (exact) mass is 274 g/mol. The molecule has 2 saturated carbocycles. The first-order valence-electron chi connectivity index (χ1n) is 6.88. The molecule has 0 heterocycles. The molecule has 106 valence electrons. The molecule has 2 fully saturated rings. The molecule has 20 heavy (non-hydrogen) atoms. The minimum Gasteiger partial charge on any atom is -0.481 e. The normalized spacial score (nSPS) is 21.1. The number of nitrogens with one attached hydrogen (secondary N) is 1. The van der Waals surface area contributed by atoms with Gasteiger partial charge in [0.15, 0.2) is 0 Å². The van der Waals surface area contributed by atoms with Crippen LogP contribution in [-0.2, 0) is 15.0 Å². The van der Waals surface area contributed by atoms with Gasteiger partial charge in [0.25, 0.3) is 0 Å². The van der Waals surface area contributed by atoms with Crippen LogP contribution in [0.25, 0.3) is 0 Å². The van der Waals surface area contributed by atoms with Gasteiger partial charge in [-0.3, -0.25) is 9.59 Å². The fourth-order valence-electron chi connectivity index (χ4n) is 2.56. The maximum absolute atomic E-state index is 12.0. The second-order valence-corrected chi connectivity index (χ2v) is 5.90. The maximum atomic E-state index is 12.0. The van der Waals surface area contributed by atoms with Crippen LogP contribution in [0, 0.1) is 5.41 Å².